The second-order valence-corrected chi connectivity index (χ2v) is 6.28. The Hall–Kier alpha value is -2.18. The molecule has 1 aromatic heterocycles. The minimum absolute atomic E-state index is 0.00586. The van der Waals surface area contributed by atoms with Gasteiger partial charge in [-0.15, -0.1) is 5.10 Å². The quantitative estimate of drug-likeness (QED) is 0.895. The predicted octanol–water partition coefficient (Wildman–Crippen LogP) is 1.02. The number of nitrogens with zero attached hydrogens (tertiary/aromatic N) is 4. The van der Waals surface area contributed by atoms with E-state index in [2.05, 4.69) is 15.1 Å². The summed E-state index contributed by atoms with van der Waals surface area (Å²) in [5.74, 6) is 0.0314. The molecular weight excluding hydrogens is 296 g/mol. The number of hydrogen-bond donors (Lipinski definition) is 1. The van der Waals surface area contributed by atoms with Crippen molar-refractivity contribution in [1.82, 2.24) is 15.1 Å². The fourth-order valence-corrected chi connectivity index (χ4v) is 3.46. The summed E-state index contributed by atoms with van der Waals surface area (Å²) in [6.07, 6.45) is 4.27. The summed E-state index contributed by atoms with van der Waals surface area (Å²) in [6, 6.07) is 3.79. The van der Waals surface area contributed by atoms with Crippen LogP contribution in [0.5, 0.6) is 0 Å². The lowest BCUT2D eigenvalue weighted by atomic mass is 9.81. The molecule has 0 aromatic carbocycles. The van der Waals surface area contributed by atoms with E-state index in [9.17, 15) is 9.59 Å². The normalized spacial score (nSPS) is 25.2. The standard InChI is InChI=1S/C16H22N4O3/c21-15(12-3-5-13(6-4-12)16(22)23)20-10-8-19(9-11-20)14-2-1-7-17-18-14/h1-2,7,12-13H,3-6,8-11H2,(H,22,23). The van der Waals surface area contributed by atoms with Crippen LogP contribution in [0.15, 0.2) is 18.3 Å². The molecule has 1 amide bonds. The van der Waals surface area contributed by atoms with Crippen LogP contribution in [0.4, 0.5) is 5.82 Å². The molecular formula is C16H22N4O3. The summed E-state index contributed by atoms with van der Waals surface area (Å²) < 4.78 is 0. The number of hydrogen-bond acceptors (Lipinski definition) is 5. The van der Waals surface area contributed by atoms with Crippen LogP contribution in [0.25, 0.3) is 0 Å². The third kappa shape index (κ3) is 3.60. The van der Waals surface area contributed by atoms with Gasteiger partial charge < -0.3 is 14.9 Å². The molecule has 0 unspecified atom stereocenters. The molecule has 1 N–H and O–H groups in total. The fraction of sp³-hybridized carbons (Fsp3) is 0.625. The number of carbonyl (C=O) groups excluding carboxylic acids is 1. The molecule has 2 fully saturated rings. The van der Waals surface area contributed by atoms with E-state index in [-0.39, 0.29) is 17.7 Å². The van der Waals surface area contributed by atoms with Crippen LogP contribution in [0.3, 0.4) is 0 Å². The van der Waals surface area contributed by atoms with Crippen LogP contribution in [0.2, 0.25) is 0 Å². The maximum absolute atomic E-state index is 12.6. The second-order valence-electron chi connectivity index (χ2n) is 6.28. The summed E-state index contributed by atoms with van der Waals surface area (Å²) in [5, 5.41) is 17.0. The SMILES string of the molecule is O=C(O)C1CCC(C(=O)N2CCN(c3cccnn3)CC2)CC1. The summed E-state index contributed by atoms with van der Waals surface area (Å²) in [7, 11) is 0. The van der Waals surface area contributed by atoms with Gasteiger partial charge in [-0.25, -0.2) is 0 Å². The highest BCUT2D eigenvalue weighted by Gasteiger charge is 2.33. The average Bonchev–Trinajstić information content (AvgIpc) is 2.62. The first kappa shape index (κ1) is 15.7. The molecule has 0 spiro atoms. The first-order valence-electron chi connectivity index (χ1n) is 8.19. The number of carbonyl (C=O) groups is 2. The molecule has 0 bridgehead atoms. The number of aromatic nitrogens is 2. The molecule has 3 rings (SSSR count). The Kier molecular flexibility index (Phi) is 4.73. The Bertz CT molecular complexity index is 550. The van der Waals surface area contributed by atoms with Gasteiger partial charge in [-0.1, -0.05) is 0 Å². The fourth-order valence-electron chi connectivity index (χ4n) is 3.46. The van der Waals surface area contributed by atoms with E-state index in [1.54, 1.807) is 6.20 Å². The molecule has 7 heteroatoms. The van der Waals surface area contributed by atoms with Gasteiger partial charge in [-0.05, 0) is 37.8 Å². The molecule has 0 radical (unpaired) electrons. The number of aliphatic carboxylic acids is 1. The van der Waals surface area contributed by atoms with Crippen LogP contribution >= 0.6 is 0 Å². The van der Waals surface area contributed by atoms with Crippen molar-refractivity contribution in [3.05, 3.63) is 18.3 Å². The number of anilines is 1. The third-order valence-electron chi connectivity index (χ3n) is 4.90. The minimum Gasteiger partial charge on any atom is -0.481 e. The van der Waals surface area contributed by atoms with E-state index >= 15 is 0 Å². The van der Waals surface area contributed by atoms with Gasteiger partial charge in [-0.2, -0.15) is 5.10 Å². The van der Waals surface area contributed by atoms with Crippen molar-refractivity contribution in [2.75, 3.05) is 31.1 Å². The Morgan fingerprint density at radius 2 is 1.70 bits per heavy atom. The van der Waals surface area contributed by atoms with Gasteiger partial charge in [0.05, 0.1) is 5.92 Å². The summed E-state index contributed by atoms with van der Waals surface area (Å²) in [4.78, 5) is 27.6. The maximum Gasteiger partial charge on any atom is 0.306 e. The van der Waals surface area contributed by atoms with Crippen molar-refractivity contribution in [2.24, 2.45) is 11.8 Å². The van der Waals surface area contributed by atoms with E-state index in [1.807, 2.05) is 17.0 Å². The smallest absolute Gasteiger partial charge is 0.306 e. The second kappa shape index (κ2) is 6.93. The van der Waals surface area contributed by atoms with Gasteiger partial charge in [-0.3, -0.25) is 9.59 Å². The van der Waals surface area contributed by atoms with Gasteiger partial charge in [0.25, 0.3) is 0 Å². The van der Waals surface area contributed by atoms with Crippen LogP contribution in [-0.4, -0.2) is 58.3 Å². The molecule has 1 saturated heterocycles. The van der Waals surface area contributed by atoms with E-state index < -0.39 is 5.97 Å². The summed E-state index contributed by atoms with van der Waals surface area (Å²) >= 11 is 0. The first-order chi connectivity index (χ1) is 11.1. The van der Waals surface area contributed by atoms with Crippen molar-refractivity contribution >= 4 is 17.7 Å². The molecule has 1 saturated carbocycles. The summed E-state index contributed by atoms with van der Waals surface area (Å²) in [6.45, 7) is 2.90. The van der Waals surface area contributed by atoms with Crippen LogP contribution < -0.4 is 4.90 Å². The number of piperazine rings is 1. The van der Waals surface area contributed by atoms with Crippen molar-refractivity contribution in [1.29, 1.82) is 0 Å². The Morgan fingerprint density at radius 3 is 2.26 bits per heavy atom. The number of carboxylic acid groups (broad SMARTS) is 1. The van der Waals surface area contributed by atoms with Gasteiger partial charge in [0.15, 0.2) is 5.82 Å². The molecule has 124 valence electrons. The van der Waals surface area contributed by atoms with Crippen molar-refractivity contribution in [3.8, 4) is 0 Å². The van der Waals surface area contributed by atoms with Crippen molar-refractivity contribution < 1.29 is 14.7 Å². The highest BCUT2D eigenvalue weighted by Crippen LogP contribution is 2.30. The maximum atomic E-state index is 12.6. The van der Waals surface area contributed by atoms with E-state index in [0.717, 1.165) is 18.9 Å². The first-order valence-corrected chi connectivity index (χ1v) is 8.19. The van der Waals surface area contributed by atoms with Crippen LogP contribution in [0.1, 0.15) is 25.7 Å². The zero-order valence-electron chi connectivity index (χ0n) is 13.1. The van der Waals surface area contributed by atoms with Gasteiger partial charge >= 0.3 is 5.97 Å². The lowest BCUT2D eigenvalue weighted by Gasteiger charge is -2.37. The molecule has 1 aliphatic carbocycles. The van der Waals surface area contributed by atoms with Crippen molar-refractivity contribution in [3.63, 3.8) is 0 Å². The zero-order chi connectivity index (χ0) is 16.2. The van der Waals surface area contributed by atoms with Crippen LogP contribution in [-0.2, 0) is 9.59 Å². The van der Waals surface area contributed by atoms with Gasteiger partial charge in [0.2, 0.25) is 5.91 Å². The Balaban J connectivity index is 1.50. The molecule has 23 heavy (non-hydrogen) atoms. The van der Waals surface area contributed by atoms with Crippen molar-refractivity contribution in [2.45, 2.75) is 25.7 Å². The van der Waals surface area contributed by atoms with Gasteiger partial charge in [0, 0.05) is 38.3 Å². The lowest BCUT2D eigenvalue weighted by molar-refractivity contribution is -0.145. The Morgan fingerprint density at radius 1 is 1.04 bits per heavy atom. The largest absolute Gasteiger partial charge is 0.481 e. The minimum atomic E-state index is -0.728. The number of rotatable bonds is 3. The molecule has 0 atom stereocenters. The highest BCUT2D eigenvalue weighted by molar-refractivity contribution is 5.79. The van der Waals surface area contributed by atoms with E-state index in [0.29, 0.717) is 38.8 Å². The third-order valence-corrected chi connectivity index (χ3v) is 4.90. The topological polar surface area (TPSA) is 86.6 Å². The predicted molar refractivity (Wildman–Crippen MR) is 83.9 cm³/mol. The zero-order valence-corrected chi connectivity index (χ0v) is 13.1. The molecule has 2 heterocycles. The lowest BCUT2D eigenvalue weighted by Crippen LogP contribution is -2.51. The monoisotopic (exact) mass is 318 g/mol. The summed E-state index contributed by atoms with van der Waals surface area (Å²) in [5.41, 5.74) is 0. The van der Waals surface area contributed by atoms with Crippen LogP contribution in [0, 0.1) is 11.8 Å². The number of carboxylic acids is 1. The molecule has 7 nitrogen and oxygen atoms in total. The molecule has 1 aromatic rings. The van der Waals surface area contributed by atoms with E-state index in [1.165, 1.54) is 0 Å². The highest BCUT2D eigenvalue weighted by atomic mass is 16.4. The molecule has 1 aliphatic heterocycles. The van der Waals surface area contributed by atoms with E-state index in [4.69, 9.17) is 5.11 Å². The number of amides is 1. The molecule has 2 aliphatic rings. The Labute approximate surface area is 135 Å². The van der Waals surface area contributed by atoms with Gasteiger partial charge in [0.1, 0.15) is 0 Å². The average molecular weight is 318 g/mol.